The molecule has 1 aromatic carbocycles. The number of carbonyl (C=O) groups is 2. The molecule has 2 rings (SSSR count). The van der Waals surface area contributed by atoms with Crippen LogP contribution in [0.5, 0.6) is 5.75 Å². The van der Waals surface area contributed by atoms with Crippen LogP contribution in [-0.2, 0) is 20.7 Å². The van der Waals surface area contributed by atoms with Gasteiger partial charge in [0.25, 0.3) is 0 Å². The van der Waals surface area contributed by atoms with E-state index in [1.54, 1.807) is 0 Å². The van der Waals surface area contributed by atoms with E-state index in [9.17, 15) is 9.59 Å². The molecule has 4 N–H and O–H groups in total. The lowest BCUT2D eigenvalue weighted by atomic mass is 9.75. The van der Waals surface area contributed by atoms with E-state index in [4.69, 9.17) is 20.3 Å². The summed E-state index contributed by atoms with van der Waals surface area (Å²) in [6, 6.07) is 6.44. The second-order valence-corrected chi connectivity index (χ2v) is 9.13. The number of unbranched alkanes of at least 4 members (excludes halogenated alkanes) is 1. The minimum atomic E-state index is -1.01. The highest BCUT2D eigenvalue weighted by atomic mass is 16.6. The van der Waals surface area contributed by atoms with Gasteiger partial charge < -0.3 is 25.6 Å². The Labute approximate surface area is 179 Å². The number of esters is 1. The Morgan fingerprint density at radius 1 is 1.17 bits per heavy atom. The number of nitrogens with one attached hydrogen (secondary N) is 1. The molecule has 30 heavy (non-hydrogen) atoms. The highest BCUT2D eigenvalue weighted by Gasteiger charge is 2.41. The van der Waals surface area contributed by atoms with E-state index in [-0.39, 0.29) is 12.4 Å². The number of nitrogens with two attached hydrogens (primary N) is 1. The van der Waals surface area contributed by atoms with Crippen molar-refractivity contribution in [2.75, 3.05) is 19.7 Å². The first kappa shape index (κ1) is 24.2. The fourth-order valence-corrected chi connectivity index (χ4v) is 3.67. The van der Waals surface area contributed by atoms with Gasteiger partial charge in [-0.05, 0) is 90.1 Å². The summed E-state index contributed by atoms with van der Waals surface area (Å²) in [5.41, 5.74) is 5.55. The molecule has 1 aliphatic heterocycles. The Morgan fingerprint density at radius 3 is 2.37 bits per heavy atom. The molecule has 1 unspecified atom stereocenters. The first-order valence-corrected chi connectivity index (χ1v) is 10.8. The topological polar surface area (TPSA) is 111 Å². The van der Waals surface area contributed by atoms with Crippen LogP contribution in [0.4, 0.5) is 0 Å². The highest BCUT2D eigenvalue weighted by Crippen LogP contribution is 2.37. The van der Waals surface area contributed by atoms with Crippen LogP contribution in [0.1, 0.15) is 58.4 Å². The number of hydrogen-bond acceptors (Lipinski definition) is 6. The van der Waals surface area contributed by atoms with Gasteiger partial charge in [0.2, 0.25) is 0 Å². The Kier molecular flexibility index (Phi) is 8.67. The van der Waals surface area contributed by atoms with E-state index in [0.29, 0.717) is 6.61 Å². The molecule has 1 heterocycles. The van der Waals surface area contributed by atoms with Gasteiger partial charge in [0.15, 0.2) is 0 Å². The number of ether oxygens (including phenoxy) is 2. The van der Waals surface area contributed by atoms with Crippen molar-refractivity contribution in [2.45, 2.75) is 70.9 Å². The zero-order valence-corrected chi connectivity index (χ0v) is 18.4. The van der Waals surface area contributed by atoms with Crippen LogP contribution in [0.25, 0.3) is 0 Å². The van der Waals surface area contributed by atoms with Crippen molar-refractivity contribution in [3.05, 3.63) is 29.8 Å². The molecule has 7 heteroatoms. The molecule has 1 fully saturated rings. The monoisotopic (exact) mass is 420 g/mol. The van der Waals surface area contributed by atoms with Crippen LogP contribution in [0.15, 0.2) is 24.3 Å². The predicted octanol–water partition coefficient (Wildman–Crippen LogP) is 2.90. The van der Waals surface area contributed by atoms with Gasteiger partial charge in [0.05, 0.1) is 12.0 Å². The molecule has 1 atom stereocenters. The summed E-state index contributed by atoms with van der Waals surface area (Å²) in [7, 11) is 0. The lowest BCUT2D eigenvalue weighted by molar-refractivity contribution is -0.170. The van der Waals surface area contributed by atoms with Crippen molar-refractivity contribution in [1.29, 1.82) is 0 Å². The van der Waals surface area contributed by atoms with E-state index in [0.717, 1.165) is 56.5 Å². The van der Waals surface area contributed by atoms with Gasteiger partial charge in [-0.25, -0.2) is 0 Å². The van der Waals surface area contributed by atoms with Gasteiger partial charge in [-0.2, -0.15) is 0 Å². The fourth-order valence-electron chi connectivity index (χ4n) is 3.67. The molecule has 0 spiro atoms. The summed E-state index contributed by atoms with van der Waals surface area (Å²) in [4.78, 5) is 23.7. The fraction of sp³-hybridized carbons (Fsp3) is 0.652. The van der Waals surface area contributed by atoms with Crippen molar-refractivity contribution < 1.29 is 24.2 Å². The zero-order valence-electron chi connectivity index (χ0n) is 18.4. The molecule has 0 saturated carbocycles. The van der Waals surface area contributed by atoms with Gasteiger partial charge in [0.1, 0.15) is 17.4 Å². The molecule has 0 radical (unpaired) electrons. The minimum absolute atomic E-state index is 0.0763. The smallest absolute Gasteiger partial charge is 0.320 e. The van der Waals surface area contributed by atoms with Crippen LogP contribution in [0.2, 0.25) is 0 Å². The van der Waals surface area contributed by atoms with Crippen molar-refractivity contribution in [3.8, 4) is 5.75 Å². The number of piperidine rings is 1. The normalized spacial score (nSPS) is 17.2. The molecule has 0 aliphatic carbocycles. The molecule has 1 aliphatic rings. The molecule has 7 nitrogen and oxygen atoms in total. The second kappa shape index (κ2) is 10.8. The van der Waals surface area contributed by atoms with Crippen LogP contribution in [0.3, 0.4) is 0 Å². The maximum absolute atomic E-state index is 12.8. The third-order valence-electron chi connectivity index (χ3n) is 5.41. The van der Waals surface area contributed by atoms with Gasteiger partial charge in [-0.15, -0.1) is 0 Å². The summed E-state index contributed by atoms with van der Waals surface area (Å²) in [6.45, 7) is 7.98. The number of carbonyl (C=O) groups excluding carboxylic acids is 1. The second-order valence-electron chi connectivity index (χ2n) is 9.13. The number of carboxylic acid groups (broad SMARTS) is 1. The summed E-state index contributed by atoms with van der Waals surface area (Å²) in [6.07, 6.45) is 4.45. The number of carboxylic acids is 1. The lowest BCUT2D eigenvalue weighted by Crippen LogP contribution is -2.45. The highest BCUT2D eigenvalue weighted by molar-refractivity contribution is 5.77. The summed E-state index contributed by atoms with van der Waals surface area (Å²) >= 11 is 0. The maximum Gasteiger partial charge on any atom is 0.320 e. The van der Waals surface area contributed by atoms with E-state index in [2.05, 4.69) is 5.32 Å². The van der Waals surface area contributed by atoms with E-state index in [1.807, 2.05) is 45.0 Å². The summed E-state index contributed by atoms with van der Waals surface area (Å²) in [5.74, 6) is -0.341. The molecule has 0 bridgehead atoms. The molecule has 168 valence electrons. The Bertz CT molecular complexity index is 691. The van der Waals surface area contributed by atoms with Crippen LogP contribution in [-0.4, -0.2) is 48.4 Å². The van der Waals surface area contributed by atoms with Crippen LogP contribution >= 0.6 is 0 Å². The van der Waals surface area contributed by atoms with Crippen LogP contribution < -0.4 is 15.8 Å². The van der Waals surface area contributed by atoms with Gasteiger partial charge in [0, 0.05) is 0 Å². The Balaban J connectivity index is 1.78. The van der Waals surface area contributed by atoms with E-state index < -0.39 is 23.0 Å². The third-order valence-corrected chi connectivity index (χ3v) is 5.41. The molecule has 0 aromatic heterocycles. The molecular weight excluding hydrogens is 384 g/mol. The first-order chi connectivity index (χ1) is 14.1. The summed E-state index contributed by atoms with van der Waals surface area (Å²) < 4.78 is 11.5. The number of rotatable bonds is 10. The number of hydrogen-bond donors (Lipinski definition) is 3. The Hall–Kier alpha value is -2.12. The molecular formula is C23H36N2O5. The lowest BCUT2D eigenvalue weighted by Gasteiger charge is -2.37. The first-order valence-electron chi connectivity index (χ1n) is 10.8. The van der Waals surface area contributed by atoms with Crippen molar-refractivity contribution in [3.63, 3.8) is 0 Å². The molecule has 1 aromatic rings. The molecule has 1 saturated heterocycles. The standard InChI is InChI=1S/C23H36N2O5/c1-22(2,3)30-21(28)23(11-13-25-14-12-23)10-4-5-15-29-18-8-6-17(7-9-18)16-19(24)20(26)27/h6-9,19,25H,4-5,10-16,24H2,1-3H3,(H,26,27). The average Bonchev–Trinajstić information content (AvgIpc) is 2.68. The third kappa shape index (κ3) is 7.61. The zero-order chi connectivity index (χ0) is 22.2. The predicted molar refractivity (Wildman–Crippen MR) is 115 cm³/mol. The van der Waals surface area contributed by atoms with Crippen molar-refractivity contribution >= 4 is 11.9 Å². The number of benzene rings is 1. The quantitative estimate of drug-likeness (QED) is 0.394. The average molecular weight is 421 g/mol. The molecule has 0 amide bonds. The Morgan fingerprint density at radius 2 is 1.80 bits per heavy atom. The largest absolute Gasteiger partial charge is 0.494 e. The number of aliphatic carboxylic acids is 1. The van der Waals surface area contributed by atoms with Crippen LogP contribution in [0, 0.1) is 5.41 Å². The summed E-state index contributed by atoms with van der Waals surface area (Å²) in [5, 5.41) is 12.2. The van der Waals surface area contributed by atoms with E-state index in [1.165, 1.54) is 0 Å². The maximum atomic E-state index is 12.8. The van der Waals surface area contributed by atoms with Crippen molar-refractivity contribution in [1.82, 2.24) is 5.32 Å². The minimum Gasteiger partial charge on any atom is -0.494 e. The van der Waals surface area contributed by atoms with Gasteiger partial charge in [-0.3, -0.25) is 9.59 Å². The van der Waals surface area contributed by atoms with Crippen molar-refractivity contribution in [2.24, 2.45) is 11.1 Å². The van der Waals surface area contributed by atoms with Gasteiger partial charge in [-0.1, -0.05) is 12.1 Å². The van der Waals surface area contributed by atoms with E-state index >= 15 is 0 Å². The van der Waals surface area contributed by atoms with Gasteiger partial charge >= 0.3 is 11.9 Å². The SMILES string of the molecule is CC(C)(C)OC(=O)C1(CCCCOc2ccc(CC(N)C(=O)O)cc2)CCNCC1.